The highest BCUT2D eigenvalue weighted by Gasteiger charge is 2.07. The molecule has 2 aromatic rings. The summed E-state index contributed by atoms with van der Waals surface area (Å²) in [6.07, 6.45) is 14.5. The van der Waals surface area contributed by atoms with E-state index in [1.165, 1.54) is 31.0 Å². The van der Waals surface area contributed by atoms with Gasteiger partial charge in [-0.15, -0.1) is 0 Å². The van der Waals surface area contributed by atoms with E-state index in [0.29, 0.717) is 11.6 Å². The minimum absolute atomic E-state index is 0.0314. The number of unbranched alkanes of at least 4 members (excludes halogenated alkanes) is 4. The Morgan fingerprint density at radius 1 is 1.03 bits per heavy atom. The van der Waals surface area contributed by atoms with Gasteiger partial charge >= 0.3 is 11.9 Å². The van der Waals surface area contributed by atoms with Gasteiger partial charge in [0.05, 0.1) is 18.5 Å². The monoisotopic (exact) mass is 438 g/mol. The Balaban J connectivity index is 1.78. The quantitative estimate of drug-likeness (QED) is 0.222. The van der Waals surface area contributed by atoms with Gasteiger partial charge in [-0.3, -0.25) is 4.79 Å². The van der Waals surface area contributed by atoms with Crippen molar-refractivity contribution in [2.75, 3.05) is 0 Å². The number of nitrogens with zero attached hydrogens (tertiary/aromatic N) is 2. The average molecular weight is 439 g/mol. The third kappa shape index (κ3) is 9.86. The second kappa shape index (κ2) is 14.1. The van der Waals surface area contributed by atoms with Crippen molar-refractivity contribution in [1.29, 1.82) is 0 Å². The highest BCUT2D eigenvalue weighted by Crippen LogP contribution is 2.19. The standard InChI is InChI=1S/C26H34N2O4/c1-4-5-6-7-8-13-25(30)32-24-18-27-26(28-19-24)23-16-14-22(15-17-23)12-10-9-11-20(2)31-21(3)29/h8,13-20H,4-7,9-12H2,1-3H3. The van der Waals surface area contributed by atoms with Gasteiger partial charge in [0.15, 0.2) is 11.6 Å². The highest BCUT2D eigenvalue weighted by molar-refractivity contribution is 5.83. The van der Waals surface area contributed by atoms with E-state index in [9.17, 15) is 9.59 Å². The minimum Gasteiger partial charge on any atom is -0.463 e. The zero-order valence-electron chi connectivity index (χ0n) is 19.4. The molecule has 32 heavy (non-hydrogen) atoms. The van der Waals surface area contributed by atoms with E-state index >= 15 is 0 Å². The fraction of sp³-hybridized carbons (Fsp3) is 0.462. The predicted molar refractivity (Wildman–Crippen MR) is 125 cm³/mol. The number of aromatic nitrogens is 2. The number of ether oxygens (including phenoxy) is 2. The van der Waals surface area contributed by atoms with Crippen LogP contribution in [0.1, 0.15) is 71.3 Å². The molecule has 0 aliphatic carbocycles. The zero-order chi connectivity index (χ0) is 23.2. The molecule has 0 fully saturated rings. The Labute approximate surface area is 191 Å². The molecule has 0 aliphatic rings. The number of allylic oxidation sites excluding steroid dienone is 1. The molecule has 0 N–H and O–H groups in total. The van der Waals surface area contributed by atoms with Crippen molar-refractivity contribution in [3.63, 3.8) is 0 Å². The summed E-state index contributed by atoms with van der Waals surface area (Å²) in [7, 11) is 0. The number of hydrogen-bond donors (Lipinski definition) is 0. The molecular weight excluding hydrogens is 404 g/mol. The van der Waals surface area contributed by atoms with E-state index in [-0.39, 0.29) is 12.1 Å². The molecule has 0 bridgehead atoms. The molecule has 1 atom stereocenters. The molecule has 1 aromatic heterocycles. The SMILES string of the molecule is CCCCCC=CC(=O)Oc1cnc(-c2ccc(CCCCC(C)OC(C)=O)cc2)nc1. The van der Waals surface area contributed by atoms with Gasteiger partial charge in [0.2, 0.25) is 0 Å². The van der Waals surface area contributed by atoms with E-state index in [4.69, 9.17) is 9.47 Å². The maximum atomic E-state index is 11.8. The maximum Gasteiger partial charge on any atom is 0.335 e. The normalized spacial score (nSPS) is 12.0. The lowest BCUT2D eigenvalue weighted by Crippen LogP contribution is -2.11. The zero-order valence-corrected chi connectivity index (χ0v) is 19.4. The fourth-order valence-corrected chi connectivity index (χ4v) is 3.28. The van der Waals surface area contributed by atoms with Crippen molar-refractivity contribution < 1.29 is 19.1 Å². The van der Waals surface area contributed by atoms with Crippen LogP contribution in [0.5, 0.6) is 5.75 Å². The summed E-state index contributed by atoms with van der Waals surface area (Å²) >= 11 is 0. The van der Waals surface area contributed by atoms with Crippen LogP contribution >= 0.6 is 0 Å². The topological polar surface area (TPSA) is 78.4 Å². The van der Waals surface area contributed by atoms with Crippen LogP contribution in [0.2, 0.25) is 0 Å². The van der Waals surface area contributed by atoms with Crippen LogP contribution in [0, 0.1) is 0 Å². The predicted octanol–water partition coefficient (Wildman–Crippen LogP) is 5.85. The molecule has 172 valence electrons. The summed E-state index contributed by atoms with van der Waals surface area (Å²) in [5, 5.41) is 0. The third-order valence-electron chi connectivity index (χ3n) is 4.98. The van der Waals surface area contributed by atoms with Crippen LogP contribution in [-0.4, -0.2) is 28.0 Å². The van der Waals surface area contributed by atoms with Crippen LogP contribution in [-0.2, 0) is 20.7 Å². The lowest BCUT2D eigenvalue weighted by molar-refractivity contribution is -0.145. The first-order valence-corrected chi connectivity index (χ1v) is 11.4. The Morgan fingerprint density at radius 2 is 1.75 bits per heavy atom. The van der Waals surface area contributed by atoms with E-state index in [1.807, 2.05) is 25.1 Å². The third-order valence-corrected chi connectivity index (χ3v) is 4.98. The fourth-order valence-electron chi connectivity index (χ4n) is 3.28. The van der Waals surface area contributed by atoms with E-state index in [0.717, 1.165) is 56.9 Å². The van der Waals surface area contributed by atoms with Gasteiger partial charge in [0.1, 0.15) is 0 Å². The number of esters is 2. The van der Waals surface area contributed by atoms with Crippen molar-refractivity contribution in [2.45, 2.75) is 78.2 Å². The Hall–Kier alpha value is -3.02. The largest absolute Gasteiger partial charge is 0.463 e. The number of rotatable bonds is 13. The Kier molecular flexibility index (Phi) is 11.1. The lowest BCUT2D eigenvalue weighted by atomic mass is 10.0. The van der Waals surface area contributed by atoms with Gasteiger partial charge in [-0.1, -0.05) is 50.1 Å². The Morgan fingerprint density at radius 3 is 2.41 bits per heavy atom. The molecule has 6 heteroatoms. The van der Waals surface area contributed by atoms with Gasteiger partial charge in [0.25, 0.3) is 0 Å². The van der Waals surface area contributed by atoms with E-state index in [2.05, 4.69) is 29.0 Å². The molecule has 0 saturated carbocycles. The minimum atomic E-state index is -0.413. The first-order valence-electron chi connectivity index (χ1n) is 11.4. The number of benzene rings is 1. The van der Waals surface area contributed by atoms with Crippen LogP contribution in [0.4, 0.5) is 0 Å². The molecule has 2 rings (SSSR count). The van der Waals surface area contributed by atoms with Crippen molar-refractivity contribution in [3.05, 3.63) is 54.4 Å². The summed E-state index contributed by atoms with van der Waals surface area (Å²) in [4.78, 5) is 31.4. The van der Waals surface area contributed by atoms with Crippen LogP contribution in [0.15, 0.2) is 48.8 Å². The molecule has 1 heterocycles. The summed E-state index contributed by atoms with van der Waals surface area (Å²) in [6, 6.07) is 8.14. The molecule has 0 aliphatic heterocycles. The van der Waals surface area contributed by atoms with Crippen LogP contribution in [0.25, 0.3) is 11.4 Å². The Bertz CT molecular complexity index is 860. The number of carbonyl (C=O) groups is 2. The van der Waals surface area contributed by atoms with Crippen molar-refractivity contribution in [2.24, 2.45) is 0 Å². The lowest BCUT2D eigenvalue weighted by Gasteiger charge is -2.11. The van der Waals surface area contributed by atoms with E-state index < -0.39 is 5.97 Å². The first-order chi connectivity index (χ1) is 15.5. The molecule has 1 unspecified atom stereocenters. The summed E-state index contributed by atoms with van der Waals surface area (Å²) in [5.74, 6) is 0.277. The highest BCUT2D eigenvalue weighted by atomic mass is 16.5. The van der Waals surface area contributed by atoms with Gasteiger partial charge in [0, 0.05) is 18.6 Å². The molecule has 1 aromatic carbocycles. The number of carbonyl (C=O) groups excluding carboxylic acids is 2. The summed E-state index contributed by atoms with van der Waals surface area (Å²) in [6.45, 7) is 5.51. The van der Waals surface area contributed by atoms with Crippen molar-refractivity contribution in [1.82, 2.24) is 9.97 Å². The van der Waals surface area contributed by atoms with Gasteiger partial charge in [-0.25, -0.2) is 14.8 Å². The second-order valence-electron chi connectivity index (χ2n) is 7.92. The van der Waals surface area contributed by atoms with E-state index in [1.54, 1.807) is 0 Å². The number of hydrogen-bond acceptors (Lipinski definition) is 6. The van der Waals surface area contributed by atoms with Gasteiger partial charge in [-0.05, 0) is 51.0 Å². The summed E-state index contributed by atoms with van der Waals surface area (Å²) < 4.78 is 10.4. The van der Waals surface area contributed by atoms with Gasteiger partial charge < -0.3 is 9.47 Å². The van der Waals surface area contributed by atoms with Crippen molar-refractivity contribution in [3.8, 4) is 17.1 Å². The maximum absolute atomic E-state index is 11.8. The second-order valence-corrected chi connectivity index (χ2v) is 7.92. The summed E-state index contributed by atoms with van der Waals surface area (Å²) in [5.41, 5.74) is 2.15. The average Bonchev–Trinajstić information content (AvgIpc) is 2.77. The first kappa shape index (κ1) is 25.2. The molecule has 0 amide bonds. The molecule has 0 spiro atoms. The van der Waals surface area contributed by atoms with Crippen molar-refractivity contribution >= 4 is 11.9 Å². The molecule has 6 nitrogen and oxygen atoms in total. The van der Waals surface area contributed by atoms with Gasteiger partial charge in [-0.2, -0.15) is 0 Å². The van der Waals surface area contributed by atoms with Crippen LogP contribution < -0.4 is 4.74 Å². The molecule has 0 radical (unpaired) electrons. The molecule has 0 saturated heterocycles. The molecular formula is C26H34N2O4. The van der Waals surface area contributed by atoms with Crippen LogP contribution in [0.3, 0.4) is 0 Å². The smallest absolute Gasteiger partial charge is 0.335 e. The number of aryl methyl sites for hydroxylation is 1.